The average Bonchev–Trinajstić information content (AvgIpc) is 3.06. The van der Waals surface area contributed by atoms with Crippen molar-refractivity contribution in [3.63, 3.8) is 0 Å². The average molecular weight is 596 g/mol. The molecule has 0 saturated carbocycles. The number of benzene rings is 1. The molecular formula is C31H48BrClN2O2. The predicted octanol–water partition coefficient (Wildman–Crippen LogP) is 4.77. The quantitative estimate of drug-likeness (QED) is 0.170. The van der Waals surface area contributed by atoms with Gasteiger partial charge in [0.05, 0.1) is 13.1 Å². The number of ketones is 1. The summed E-state index contributed by atoms with van der Waals surface area (Å²) < 4.78 is 2.16. The van der Waals surface area contributed by atoms with E-state index in [2.05, 4.69) is 30.2 Å². The highest BCUT2D eigenvalue weighted by molar-refractivity contribution is 6.31. The second kappa shape index (κ2) is 16.1. The lowest BCUT2D eigenvalue weighted by Gasteiger charge is -2.34. The lowest BCUT2D eigenvalue weighted by atomic mass is 9.96. The molecule has 2 heterocycles. The molecule has 1 atom stereocenters. The molecule has 37 heavy (non-hydrogen) atoms. The first kappa shape index (κ1) is 32.0. The first-order valence-electron chi connectivity index (χ1n) is 14.5. The number of amidine groups is 1. The standard InChI is InChI=1S/C31H48ClN2O2.BrH/c1-4-5-6-7-8-9-10-11-12-13-14-15-20-31(36)26(3)25(2)30-33(21-17-22-34(30)31)24-29(35)27-18-16-19-28(32)23-27;/h16,18-19,23,36H,4-15,17,20-22,24H2,1-3H3;1H/q+1;/p-1. The molecule has 4 nitrogen and oxygen atoms in total. The van der Waals surface area contributed by atoms with Gasteiger partial charge in [-0.1, -0.05) is 101 Å². The van der Waals surface area contributed by atoms with E-state index in [1.807, 2.05) is 12.1 Å². The normalized spacial score (nSPS) is 19.3. The Morgan fingerprint density at radius 2 is 1.59 bits per heavy atom. The van der Waals surface area contributed by atoms with Gasteiger partial charge in [0.15, 0.2) is 0 Å². The molecule has 1 unspecified atom stereocenters. The van der Waals surface area contributed by atoms with Crippen molar-refractivity contribution < 1.29 is 31.5 Å². The molecule has 0 spiro atoms. The van der Waals surface area contributed by atoms with E-state index in [1.165, 1.54) is 70.6 Å². The van der Waals surface area contributed by atoms with Crippen LogP contribution in [0.1, 0.15) is 121 Å². The summed E-state index contributed by atoms with van der Waals surface area (Å²) in [5, 5.41) is 12.4. The molecule has 0 bridgehead atoms. The van der Waals surface area contributed by atoms with E-state index in [-0.39, 0.29) is 22.8 Å². The van der Waals surface area contributed by atoms with Crippen LogP contribution in [0.3, 0.4) is 0 Å². The van der Waals surface area contributed by atoms with E-state index in [1.54, 1.807) is 12.1 Å². The fraction of sp³-hybridized carbons (Fsp3) is 0.677. The van der Waals surface area contributed by atoms with Crippen LogP contribution in [0.25, 0.3) is 0 Å². The summed E-state index contributed by atoms with van der Waals surface area (Å²) in [6, 6.07) is 7.18. The van der Waals surface area contributed by atoms with Crippen molar-refractivity contribution in [2.24, 2.45) is 0 Å². The van der Waals surface area contributed by atoms with Crippen LogP contribution in [-0.4, -0.2) is 51.6 Å². The minimum Gasteiger partial charge on any atom is -1.00 e. The highest BCUT2D eigenvalue weighted by Crippen LogP contribution is 2.39. The zero-order valence-electron chi connectivity index (χ0n) is 23.3. The molecule has 0 aromatic heterocycles. The summed E-state index contributed by atoms with van der Waals surface area (Å²) in [5.41, 5.74) is 1.89. The Morgan fingerprint density at radius 1 is 1.00 bits per heavy atom. The largest absolute Gasteiger partial charge is 1.00 e. The summed E-state index contributed by atoms with van der Waals surface area (Å²) in [7, 11) is 0. The van der Waals surface area contributed by atoms with Crippen molar-refractivity contribution in [1.82, 2.24) is 4.90 Å². The molecule has 2 aliphatic heterocycles. The molecule has 0 fully saturated rings. The van der Waals surface area contributed by atoms with Crippen LogP contribution >= 0.6 is 11.6 Å². The molecule has 0 saturated heterocycles. The Kier molecular flexibility index (Phi) is 13.9. The molecule has 0 radical (unpaired) electrons. The zero-order valence-corrected chi connectivity index (χ0v) is 25.7. The third kappa shape index (κ3) is 8.66. The van der Waals surface area contributed by atoms with E-state index in [4.69, 9.17) is 11.6 Å². The molecule has 3 rings (SSSR count). The molecule has 1 N–H and O–H groups in total. The van der Waals surface area contributed by atoms with Crippen molar-refractivity contribution in [1.29, 1.82) is 0 Å². The van der Waals surface area contributed by atoms with Crippen LogP contribution < -0.4 is 17.0 Å². The second-order valence-electron chi connectivity index (χ2n) is 10.9. The van der Waals surface area contributed by atoms with Gasteiger partial charge in [-0.25, -0.2) is 4.90 Å². The maximum absolute atomic E-state index is 13.0. The fourth-order valence-electron chi connectivity index (χ4n) is 5.89. The number of hydrogen-bond donors (Lipinski definition) is 1. The van der Waals surface area contributed by atoms with Gasteiger partial charge in [0, 0.05) is 34.6 Å². The van der Waals surface area contributed by atoms with E-state index >= 15 is 0 Å². The van der Waals surface area contributed by atoms with Crippen molar-refractivity contribution in [3.05, 3.63) is 46.0 Å². The van der Waals surface area contributed by atoms with Gasteiger partial charge in [0.1, 0.15) is 6.54 Å². The number of Topliss-reactive ketones (excluding diaryl/α,β-unsaturated/α-hetero) is 1. The number of carbonyl (C=O) groups excluding carboxylic acids is 1. The SMILES string of the molecule is CCCCCCCCCCCCCCC1(O)C(C)=C(C)C2=[N+](CC(=O)c3cccc(Cl)c3)CCCN21.[Br-]. The molecule has 0 amide bonds. The number of hydrogen-bond acceptors (Lipinski definition) is 3. The summed E-state index contributed by atoms with van der Waals surface area (Å²) in [6.45, 7) is 8.41. The predicted molar refractivity (Wildman–Crippen MR) is 151 cm³/mol. The van der Waals surface area contributed by atoms with Crippen LogP contribution in [0.4, 0.5) is 0 Å². The first-order chi connectivity index (χ1) is 17.4. The van der Waals surface area contributed by atoms with Crippen molar-refractivity contribution in [3.8, 4) is 0 Å². The van der Waals surface area contributed by atoms with Gasteiger partial charge in [-0.15, -0.1) is 0 Å². The number of rotatable bonds is 16. The number of aliphatic hydroxyl groups is 1. The van der Waals surface area contributed by atoms with Gasteiger partial charge < -0.3 is 22.1 Å². The molecule has 1 aromatic carbocycles. The maximum atomic E-state index is 13.0. The minimum atomic E-state index is -0.921. The van der Waals surface area contributed by atoms with Crippen molar-refractivity contribution >= 4 is 23.2 Å². The Balaban J connectivity index is 0.00000481. The third-order valence-corrected chi connectivity index (χ3v) is 8.41. The first-order valence-corrected chi connectivity index (χ1v) is 14.8. The summed E-state index contributed by atoms with van der Waals surface area (Å²) in [6.07, 6.45) is 17.5. The monoisotopic (exact) mass is 594 g/mol. The molecule has 6 heteroatoms. The van der Waals surface area contributed by atoms with Crippen molar-refractivity contribution in [2.75, 3.05) is 19.6 Å². The van der Waals surface area contributed by atoms with Gasteiger partial charge >= 0.3 is 0 Å². The van der Waals surface area contributed by atoms with Crippen LogP contribution in [0, 0.1) is 0 Å². The Morgan fingerprint density at radius 3 is 2.19 bits per heavy atom. The van der Waals surface area contributed by atoms with E-state index < -0.39 is 5.72 Å². The lowest BCUT2D eigenvalue weighted by molar-refractivity contribution is -0.526. The number of unbranched alkanes of at least 4 members (excludes halogenated alkanes) is 11. The summed E-state index contributed by atoms with van der Waals surface area (Å²) >= 11 is 6.10. The van der Waals surface area contributed by atoms with Gasteiger partial charge in [0.25, 0.3) is 5.84 Å². The lowest BCUT2D eigenvalue weighted by Crippen LogP contribution is -3.00. The Labute approximate surface area is 240 Å². The summed E-state index contributed by atoms with van der Waals surface area (Å²) in [5.74, 6) is 1.10. The van der Waals surface area contributed by atoms with Crippen LogP contribution in [0.2, 0.25) is 5.02 Å². The topological polar surface area (TPSA) is 43.6 Å². The number of carbonyl (C=O) groups is 1. The molecule has 0 aliphatic carbocycles. The fourth-order valence-corrected chi connectivity index (χ4v) is 6.08. The summed E-state index contributed by atoms with van der Waals surface area (Å²) in [4.78, 5) is 15.2. The number of fused-ring (bicyclic) bond motifs is 1. The van der Waals surface area contributed by atoms with Crippen LogP contribution in [0.5, 0.6) is 0 Å². The van der Waals surface area contributed by atoms with Gasteiger partial charge in [-0.05, 0) is 32.4 Å². The van der Waals surface area contributed by atoms with Gasteiger partial charge in [-0.2, -0.15) is 0 Å². The van der Waals surface area contributed by atoms with Crippen LogP contribution in [0.15, 0.2) is 35.4 Å². The number of nitrogens with zero attached hydrogens (tertiary/aromatic N) is 2. The minimum absolute atomic E-state index is 0. The zero-order chi connectivity index (χ0) is 26.0. The van der Waals surface area contributed by atoms with Gasteiger partial charge in [0.2, 0.25) is 11.5 Å². The highest BCUT2D eigenvalue weighted by Gasteiger charge is 2.53. The van der Waals surface area contributed by atoms with Crippen LogP contribution in [-0.2, 0) is 0 Å². The Hall–Kier alpha value is -1.17. The molecule has 2 aliphatic rings. The van der Waals surface area contributed by atoms with Gasteiger partial charge in [-0.3, -0.25) is 9.37 Å². The maximum Gasteiger partial charge on any atom is 0.278 e. The second-order valence-corrected chi connectivity index (χ2v) is 11.3. The van der Waals surface area contributed by atoms with E-state index in [9.17, 15) is 9.90 Å². The number of halogens is 2. The highest BCUT2D eigenvalue weighted by atomic mass is 79.9. The third-order valence-electron chi connectivity index (χ3n) is 8.17. The van der Waals surface area contributed by atoms with E-state index in [0.29, 0.717) is 17.1 Å². The van der Waals surface area contributed by atoms with Crippen molar-refractivity contribution in [2.45, 2.75) is 116 Å². The molecular weight excluding hydrogens is 548 g/mol. The Bertz CT molecular complexity index is 945. The molecule has 1 aromatic rings. The smallest absolute Gasteiger partial charge is 0.278 e. The van der Waals surface area contributed by atoms with E-state index in [0.717, 1.165) is 49.3 Å². The molecule has 208 valence electrons.